The topological polar surface area (TPSA) is 107 Å². The molecular formula is C30H27BrF7N7O3. The molecule has 18 heteroatoms. The van der Waals surface area contributed by atoms with Gasteiger partial charge in [0.05, 0.1) is 34.0 Å². The van der Waals surface area contributed by atoms with Crippen LogP contribution >= 0.6 is 15.9 Å². The molecule has 1 N–H and O–H groups in total. The third-order valence-electron chi connectivity index (χ3n) is 7.77. The molecule has 1 aromatic carbocycles. The molecule has 0 saturated heterocycles. The number of rotatable bonds is 9. The van der Waals surface area contributed by atoms with Crippen molar-refractivity contribution < 1.29 is 40.3 Å². The Hall–Kier alpha value is -4.48. The smallest absolute Gasteiger partial charge is 0.348 e. The standard InChI is InChI=1S/C30H27BrF7N7O3/c1-29(2,14-45-20(10-22(41-45)30(36,37)38)16-4-5-23(46)42(3)13-16)40-26(47)21(8-15-11-39-44(12-15)28(34)35)43-7-6-17-24(27(43)48)18(32)9-19(33)25(17)31/h4-5,9-13,21,28H,6-8,14H2,1-3H3,(H,40,47)/t21-/m1/s1. The minimum absolute atomic E-state index is 0.00712. The minimum atomic E-state index is -4.82. The molecule has 0 bridgehead atoms. The maximum Gasteiger partial charge on any atom is 0.435 e. The van der Waals surface area contributed by atoms with Crippen molar-refractivity contribution in [3.8, 4) is 11.3 Å². The van der Waals surface area contributed by atoms with Gasteiger partial charge in [0.25, 0.3) is 5.91 Å². The summed E-state index contributed by atoms with van der Waals surface area (Å²) in [7, 11) is 1.42. The minimum Gasteiger partial charge on any atom is -0.348 e. The number of nitrogens with zero attached hydrogens (tertiary/aromatic N) is 6. The van der Waals surface area contributed by atoms with Crippen molar-refractivity contribution in [2.24, 2.45) is 7.05 Å². The SMILES string of the molecule is Cn1cc(-c2cc(C(F)(F)F)nn2CC(C)(C)NC(=O)[C@@H](Cc2cnn(C(F)F)c2)N2CCc3c(Br)c(F)cc(F)c3C2=O)ccc1=O. The fraction of sp³-hybridized carbons (Fsp3) is 0.367. The van der Waals surface area contributed by atoms with Crippen LogP contribution in [-0.4, -0.2) is 59.0 Å². The van der Waals surface area contributed by atoms with Crippen molar-refractivity contribution in [1.82, 2.24) is 34.3 Å². The first-order valence-corrected chi connectivity index (χ1v) is 15.1. The Kier molecular flexibility index (Phi) is 9.33. The van der Waals surface area contributed by atoms with E-state index >= 15 is 0 Å². The van der Waals surface area contributed by atoms with Crippen molar-refractivity contribution >= 4 is 27.7 Å². The van der Waals surface area contributed by atoms with Gasteiger partial charge < -0.3 is 14.8 Å². The lowest BCUT2D eigenvalue weighted by Gasteiger charge is -2.37. The molecule has 4 aromatic rings. The van der Waals surface area contributed by atoms with Gasteiger partial charge in [0, 0.05) is 50.1 Å². The molecule has 0 spiro atoms. The van der Waals surface area contributed by atoms with E-state index in [4.69, 9.17) is 0 Å². The zero-order valence-electron chi connectivity index (χ0n) is 25.5. The molecule has 1 aliphatic heterocycles. The first-order chi connectivity index (χ1) is 22.4. The van der Waals surface area contributed by atoms with Gasteiger partial charge in [0.15, 0.2) is 5.69 Å². The van der Waals surface area contributed by atoms with Crippen LogP contribution in [0.15, 0.2) is 52.1 Å². The zero-order chi connectivity index (χ0) is 35.3. The molecular weight excluding hydrogens is 719 g/mol. The third kappa shape index (κ3) is 7.02. The van der Waals surface area contributed by atoms with E-state index in [0.717, 1.165) is 28.0 Å². The van der Waals surface area contributed by atoms with Crippen LogP contribution in [0, 0.1) is 11.6 Å². The largest absolute Gasteiger partial charge is 0.435 e. The maximum atomic E-state index is 14.9. The number of nitrogens with one attached hydrogen (secondary N) is 1. The van der Waals surface area contributed by atoms with Gasteiger partial charge in [0.1, 0.15) is 17.7 Å². The second-order valence-electron chi connectivity index (χ2n) is 11.9. The first-order valence-electron chi connectivity index (χ1n) is 14.3. The van der Waals surface area contributed by atoms with E-state index in [-0.39, 0.29) is 52.8 Å². The lowest BCUT2D eigenvalue weighted by molar-refractivity contribution is -0.141. The fourth-order valence-electron chi connectivity index (χ4n) is 5.53. The Morgan fingerprint density at radius 3 is 2.42 bits per heavy atom. The molecule has 2 amide bonds. The van der Waals surface area contributed by atoms with Crippen LogP contribution in [0.1, 0.15) is 47.6 Å². The summed E-state index contributed by atoms with van der Waals surface area (Å²) < 4.78 is 99.3. The number of aryl methyl sites for hydroxylation is 1. The molecule has 256 valence electrons. The lowest BCUT2D eigenvalue weighted by Crippen LogP contribution is -2.58. The molecule has 4 heterocycles. The van der Waals surface area contributed by atoms with E-state index in [9.17, 15) is 45.1 Å². The number of carbonyl (C=O) groups excluding carboxylic acids is 2. The summed E-state index contributed by atoms with van der Waals surface area (Å²) in [6, 6.07) is 2.41. The number of benzene rings is 1. The van der Waals surface area contributed by atoms with Gasteiger partial charge in [0.2, 0.25) is 11.5 Å². The highest BCUT2D eigenvalue weighted by Crippen LogP contribution is 2.34. The fourth-order valence-corrected chi connectivity index (χ4v) is 6.04. The normalized spacial score (nSPS) is 14.4. The Labute approximate surface area is 276 Å². The predicted octanol–water partition coefficient (Wildman–Crippen LogP) is 5.10. The number of pyridine rings is 1. The van der Waals surface area contributed by atoms with Crippen molar-refractivity contribution in [2.45, 2.75) is 57.5 Å². The molecule has 1 aliphatic rings. The highest BCUT2D eigenvalue weighted by molar-refractivity contribution is 9.10. The summed E-state index contributed by atoms with van der Waals surface area (Å²) in [5, 5.41) is 9.99. The van der Waals surface area contributed by atoms with Gasteiger partial charge in [-0.15, -0.1) is 0 Å². The average Bonchev–Trinajstić information content (AvgIpc) is 3.63. The highest BCUT2D eigenvalue weighted by atomic mass is 79.9. The summed E-state index contributed by atoms with van der Waals surface area (Å²) in [4.78, 5) is 40.5. The van der Waals surface area contributed by atoms with E-state index in [2.05, 4.69) is 31.4 Å². The maximum absolute atomic E-state index is 14.9. The lowest BCUT2D eigenvalue weighted by atomic mass is 9.94. The van der Waals surface area contributed by atoms with Crippen LogP contribution in [0.5, 0.6) is 0 Å². The van der Waals surface area contributed by atoms with Crippen molar-refractivity contribution in [1.29, 1.82) is 0 Å². The van der Waals surface area contributed by atoms with Crippen LogP contribution in [-0.2, 0) is 37.4 Å². The molecule has 5 rings (SSSR count). The van der Waals surface area contributed by atoms with Crippen molar-refractivity contribution in [3.63, 3.8) is 0 Å². The molecule has 1 atom stereocenters. The number of hydrogen-bond acceptors (Lipinski definition) is 5. The van der Waals surface area contributed by atoms with Crippen LogP contribution in [0.3, 0.4) is 0 Å². The molecule has 3 aromatic heterocycles. The molecule has 0 unspecified atom stereocenters. The van der Waals surface area contributed by atoms with Gasteiger partial charge in [-0.2, -0.15) is 32.1 Å². The summed E-state index contributed by atoms with van der Waals surface area (Å²) in [5.74, 6) is -3.87. The molecule has 0 saturated carbocycles. The van der Waals surface area contributed by atoms with Crippen LogP contribution in [0.25, 0.3) is 11.3 Å². The molecule has 0 aliphatic carbocycles. The van der Waals surface area contributed by atoms with Crippen LogP contribution in [0.4, 0.5) is 30.7 Å². The number of carbonyl (C=O) groups is 2. The number of alkyl halides is 5. The Bertz CT molecular complexity index is 1950. The van der Waals surface area contributed by atoms with Crippen LogP contribution < -0.4 is 10.9 Å². The number of fused-ring (bicyclic) bond motifs is 1. The van der Waals surface area contributed by atoms with Gasteiger partial charge in [-0.05, 0) is 59.5 Å². The third-order valence-corrected chi connectivity index (χ3v) is 8.63. The van der Waals surface area contributed by atoms with Crippen LogP contribution in [0.2, 0.25) is 0 Å². The molecule has 10 nitrogen and oxygen atoms in total. The van der Waals surface area contributed by atoms with Gasteiger partial charge in [-0.1, -0.05) is 0 Å². The highest BCUT2D eigenvalue weighted by Gasteiger charge is 2.40. The summed E-state index contributed by atoms with van der Waals surface area (Å²) in [6.07, 6.45) is -1.83. The number of amides is 2. The molecule has 48 heavy (non-hydrogen) atoms. The quantitative estimate of drug-likeness (QED) is 0.190. The number of aromatic nitrogens is 5. The van der Waals surface area contributed by atoms with E-state index in [1.165, 1.54) is 43.8 Å². The molecule has 0 fully saturated rings. The molecule has 0 radical (unpaired) electrons. The Morgan fingerprint density at radius 2 is 1.79 bits per heavy atom. The predicted molar refractivity (Wildman–Crippen MR) is 160 cm³/mol. The van der Waals surface area contributed by atoms with Gasteiger partial charge in [-0.25, -0.2) is 13.5 Å². The van der Waals surface area contributed by atoms with E-state index < -0.39 is 64.6 Å². The zero-order valence-corrected chi connectivity index (χ0v) is 27.0. The van der Waals surface area contributed by atoms with Gasteiger partial charge in [-0.3, -0.25) is 19.1 Å². The summed E-state index contributed by atoms with van der Waals surface area (Å²) in [6.45, 7) is -0.529. The monoisotopic (exact) mass is 745 g/mol. The summed E-state index contributed by atoms with van der Waals surface area (Å²) >= 11 is 3.03. The van der Waals surface area contributed by atoms with E-state index in [1.54, 1.807) is 0 Å². The number of hydrogen-bond donors (Lipinski definition) is 1. The van der Waals surface area contributed by atoms with Crippen molar-refractivity contribution in [2.75, 3.05) is 6.54 Å². The van der Waals surface area contributed by atoms with E-state index in [1.807, 2.05) is 0 Å². The Morgan fingerprint density at radius 1 is 1.08 bits per heavy atom. The van der Waals surface area contributed by atoms with Crippen molar-refractivity contribution in [3.05, 3.63) is 91.7 Å². The second-order valence-corrected chi connectivity index (χ2v) is 12.7. The number of halogens is 8. The first kappa shape index (κ1) is 34.8. The summed E-state index contributed by atoms with van der Waals surface area (Å²) in [5.41, 5.74) is -3.02. The Balaban J connectivity index is 1.48. The van der Waals surface area contributed by atoms with E-state index in [0.29, 0.717) is 10.7 Å². The van der Waals surface area contributed by atoms with Gasteiger partial charge >= 0.3 is 12.7 Å². The second kappa shape index (κ2) is 12.9. The average molecular weight is 746 g/mol.